The summed E-state index contributed by atoms with van der Waals surface area (Å²) in [4.78, 5) is 11.8. The van der Waals surface area contributed by atoms with Crippen LogP contribution < -0.4 is 11.1 Å². The Morgan fingerprint density at radius 3 is 2.94 bits per heavy atom. The van der Waals surface area contributed by atoms with Gasteiger partial charge < -0.3 is 11.1 Å². The number of hydrogen-bond donors (Lipinski definition) is 2. The Hall–Kier alpha value is -0.580. The Labute approximate surface area is 108 Å². The topological polar surface area (TPSA) is 55.1 Å². The second kappa shape index (κ2) is 6.23. The van der Waals surface area contributed by atoms with Gasteiger partial charge in [-0.3, -0.25) is 4.79 Å². The minimum Gasteiger partial charge on any atom is -0.350 e. The smallest absolute Gasteiger partial charge is 0.252 e. The van der Waals surface area contributed by atoms with Crippen molar-refractivity contribution in [1.82, 2.24) is 5.32 Å². The minimum atomic E-state index is -0.199. The van der Waals surface area contributed by atoms with Crippen molar-refractivity contribution in [3.8, 4) is 0 Å². The lowest BCUT2D eigenvalue weighted by atomic mass is 10.2. The Kier molecular flexibility index (Phi) is 5.25. The Morgan fingerprint density at radius 1 is 1.62 bits per heavy atom. The quantitative estimate of drug-likeness (QED) is 0.898. The number of hydrogen-bond acceptors (Lipinski definition) is 2. The molecule has 1 atom stereocenters. The lowest BCUT2D eigenvalue weighted by Crippen LogP contribution is -2.36. The highest BCUT2D eigenvalue weighted by molar-refractivity contribution is 9.10. The Morgan fingerprint density at radius 2 is 2.31 bits per heavy atom. The van der Waals surface area contributed by atoms with Crippen molar-refractivity contribution in [3.05, 3.63) is 33.3 Å². The van der Waals surface area contributed by atoms with Gasteiger partial charge in [0.05, 0.1) is 10.6 Å². The molecule has 3 N–H and O–H groups in total. The summed E-state index contributed by atoms with van der Waals surface area (Å²) in [6.07, 6.45) is 0.826. The van der Waals surface area contributed by atoms with Gasteiger partial charge in [0.25, 0.3) is 5.91 Å². The van der Waals surface area contributed by atoms with Crippen LogP contribution in [0, 0.1) is 0 Å². The number of nitrogens with one attached hydrogen (secondary N) is 1. The third-order valence-electron chi connectivity index (χ3n) is 2.25. The number of nitrogens with two attached hydrogens (primary N) is 1. The fraction of sp³-hybridized carbons (Fsp3) is 0.364. The standard InChI is InChI=1S/C11H14BrClN2O/c1-2-7(14)6-15-11(16)8-4-3-5-9(12)10(8)13/h3-5,7H,2,6,14H2,1H3,(H,15,16). The van der Waals surface area contributed by atoms with Crippen molar-refractivity contribution in [1.29, 1.82) is 0 Å². The first-order valence-electron chi connectivity index (χ1n) is 5.04. The summed E-state index contributed by atoms with van der Waals surface area (Å²) in [6.45, 7) is 2.43. The lowest BCUT2D eigenvalue weighted by Gasteiger charge is -2.11. The van der Waals surface area contributed by atoms with E-state index < -0.39 is 0 Å². The molecule has 0 bridgehead atoms. The van der Waals surface area contributed by atoms with Gasteiger partial charge in [-0.25, -0.2) is 0 Å². The van der Waals surface area contributed by atoms with Gasteiger partial charge in [0.1, 0.15) is 0 Å². The lowest BCUT2D eigenvalue weighted by molar-refractivity contribution is 0.0951. The van der Waals surface area contributed by atoms with Crippen molar-refractivity contribution in [2.75, 3.05) is 6.54 Å². The molecular weight excluding hydrogens is 291 g/mol. The van der Waals surface area contributed by atoms with Crippen molar-refractivity contribution in [2.24, 2.45) is 5.73 Å². The first-order valence-corrected chi connectivity index (χ1v) is 6.21. The van der Waals surface area contributed by atoms with Crippen LogP contribution in [0.2, 0.25) is 5.02 Å². The van der Waals surface area contributed by atoms with Gasteiger partial charge in [-0.1, -0.05) is 24.6 Å². The van der Waals surface area contributed by atoms with Crippen LogP contribution in [0.3, 0.4) is 0 Å². The first-order chi connectivity index (χ1) is 7.56. The van der Waals surface area contributed by atoms with E-state index in [0.29, 0.717) is 21.6 Å². The molecule has 0 aliphatic rings. The average Bonchev–Trinajstić information content (AvgIpc) is 2.29. The van der Waals surface area contributed by atoms with Crippen molar-refractivity contribution in [3.63, 3.8) is 0 Å². The summed E-state index contributed by atoms with van der Waals surface area (Å²) >= 11 is 9.27. The minimum absolute atomic E-state index is 0.0186. The molecule has 1 unspecified atom stereocenters. The van der Waals surface area contributed by atoms with Gasteiger partial charge in [0.2, 0.25) is 0 Å². The maximum atomic E-state index is 11.8. The molecule has 1 aromatic rings. The maximum Gasteiger partial charge on any atom is 0.252 e. The molecule has 1 amide bonds. The van der Waals surface area contributed by atoms with E-state index in [1.54, 1.807) is 18.2 Å². The molecule has 1 aromatic carbocycles. The number of amides is 1. The molecule has 5 heteroatoms. The molecule has 88 valence electrons. The molecule has 0 aromatic heterocycles. The van der Waals surface area contributed by atoms with Crippen molar-refractivity contribution in [2.45, 2.75) is 19.4 Å². The van der Waals surface area contributed by atoms with E-state index in [0.717, 1.165) is 6.42 Å². The molecule has 16 heavy (non-hydrogen) atoms. The first kappa shape index (κ1) is 13.5. The van der Waals surface area contributed by atoms with Gasteiger partial charge >= 0.3 is 0 Å². The fourth-order valence-electron chi connectivity index (χ4n) is 1.14. The van der Waals surface area contributed by atoms with Gasteiger partial charge in [-0.2, -0.15) is 0 Å². The van der Waals surface area contributed by atoms with Crippen molar-refractivity contribution >= 4 is 33.4 Å². The summed E-state index contributed by atoms with van der Waals surface area (Å²) in [7, 11) is 0. The Bertz CT molecular complexity index is 384. The second-order valence-corrected chi connectivity index (χ2v) is 4.71. The van der Waals surface area contributed by atoms with E-state index in [2.05, 4.69) is 21.2 Å². The molecule has 3 nitrogen and oxygen atoms in total. The third-order valence-corrected chi connectivity index (χ3v) is 3.54. The van der Waals surface area contributed by atoms with Crippen LogP contribution in [0.25, 0.3) is 0 Å². The highest BCUT2D eigenvalue weighted by Gasteiger charge is 2.12. The molecule has 0 saturated heterocycles. The normalized spacial score (nSPS) is 12.2. The van der Waals surface area contributed by atoms with Crippen LogP contribution in [-0.4, -0.2) is 18.5 Å². The molecule has 0 radical (unpaired) electrons. The molecule has 0 spiro atoms. The van der Waals surface area contributed by atoms with Crippen LogP contribution in [0.1, 0.15) is 23.7 Å². The van der Waals surface area contributed by atoms with Crippen LogP contribution in [0.15, 0.2) is 22.7 Å². The molecule has 0 aliphatic heterocycles. The maximum absolute atomic E-state index is 11.8. The average molecular weight is 306 g/mol. The summed E-state index contributed by atoms with van der Waals surface area (Å²) in [5, 5.41) is 3.17. The van der Waals surface area contributed by atoms with E-state index in [1.807, 2.05) is 6.92 Å². The summed E-state index contributed by atoms with van der Waals surface area (Å²) in [6, 6.07) is 5.22. The van der Waals surface area contributed by atoms with Gasteiger partial charge in [0, 0.05) is 17.1 Å². The zero-order valence-corrected chi connectivity index (χ0v) is 11.3. The molecule has 0 saturated carbocycles. The molecule has 0 heterocycles. The predicted molar refractivity (Wildman–Crippen MR) is 69.8 cm³/mol. The molecular formula is C11H14BrClN2O. The zero-order chi connectivity index (χ0) is 12.1. The van der Waals surface area contributed by atoms with E-state index >= 15 is 0 Å². The summed E-state index contributed by atoms with van der Waals surface area (Å²) < 4.78 is 0.710. The molecule has 0 aliphatic carbocycles. The van der Waals surface area contributed by atoms with Crippen LogP contribution in [0.4, 0.5) is 0 Å². The summed E-state index contributed by atoms with van der Waals surface area (Å²) in [5.41, 5.74) is 6.17. The van der Waals surface area contributed by atoms with Crippen LogP contribution >= 0.6 is 27.5 Å². The van der Waals surface area contributed by atoms with Crippen LogP contribution in [-0.2, 0) is 0 Å². The SMILES string of the molecule is CCC(N)CNC(=O)c1cccc(Br)c1Cl. The number of carbonyl (C=O) groups excluding carboxylic acids is 1. The third kappa shape index (κ3) is 3.47. The summed E-state index contributed by atoms with van der Waals surface area (Å²) in [5.74, 6) is -0.199. The van der Waals surface area contributed by atoms with E-state index in [-0.39, 0.29) is 11.9 Å². The second-order valence-electron chi connectivity index (χ2n) is 3.48. The number of halogens is 2. The van der Waals surface area contributed by atoms with Gasteiger partial charge in [0.15, 0.2) is 0 Å². The predicted octanol–water partition coefficient (Wildman–Crippen LogP) is 2.57. The van der Waals surface area contributed by atoms with E-state index in [1.165, 1.54) is 0 Å². The highest BCUT2D eigenvalue weighted by Crippen LogP contribution is 2.25. The Balaban J connectivity index is 2.70. The fourth-order valence-corrected chi connectivity index (χ4v) is 1.72. The van der Waals surface area contributed by atoms with Gasteiger partial charge in [-0.15, -0.1) is 0 Å². The largest absolute Gasteiger partial charge is 0.350 e. The van der Waals surface area contributed by atoms with E-state index in [9.17, 15) is 4.79 Å². The highest BCUT2D eigenvalue weighted by atomic mass is 79.9. The zero-order valence-electron chi connectivity index (χ0n) is 8.97. The molecule has 0 fully saturated rings. The number of benzene rings is 1. The molecule has 1 rings (SSSR count). The van der Waals surface area contributed by atoms with Crippen molar-refractivity contribution < 1.29 is 4.79 Å². The van der Waals surface area contributed by atoms with Crippen LogP contribution in [0.5, 0.6) is 0 Å². The number of carbonyl (C=O) groups is 1. The van der Waals surface area contributed by atoms with Gasteiger partial charge in [-0.05, 0) is 34.5 Å². The van der Waals surface area contributed by atoms with E-state index in [4.69, 9.17) is 17.3 Å². The number of rotatable bonds is 4. The monoisotopic (exact) mass is 304 g/mol.